The second-order valence-corrected chi connectivity index (χ2v) is 5.76. The minimum atomic E-state index is -0.713. The maximum Gasteiger partial charge on any atom is 0.339 e. The summed E-state index contributed by atoms with van der Waals surface area (Å²) in [5.74, 6) is -0.350. The maximum absolute atomic E-state index is 11.9. The average Bonchev–Trinajstić information content (AvgIpc) is 2.75. The number of carbonyl (C=O) groups is 1. The van der Waals surface area contributed by atoms with Crippen LogP contribution in [0, 0.1) is 0 Å². The van der Waals surface area contributed by atoms with Gasteiger partial charge in [0.15, 0.2) is 0 Å². The highest BCUT2D eigenvalue weighted by molar-refractivity contribution is 5.93. The molecule has 104 valence electrons. The lowest BCUT2D eigenvalue weighted by molar-refractivity contribution is -0.140. The van der Waals surface area contributed by atoms with Gasteiger partial charge < -0.3 is 14.7 Å². The summed E-state index contributed by atoms with van der Waals surface area (Å²) in [5, 5.41) is 10.3. The van der Waals surface area contributed by atoms with E-state index in [1.54, 1.807) is 0 Å². The summed E-state index contributed by atoms with van der Waals surface area (Å²) in [6.07, 6.45) is 0.577. The molecule has 0 aromatic heterocycles. The van der Waals surface area contributed by atoms with E-state index >= 15 is 0 Å². The molecule has 4 nitrogen and oxygen atoms in total. The van der Waals surface area contributed by atoms with E-state index < -0.39 is 6.10 Å². The van der Waals surface area contributed by atoms with Crippen molar-refractivity contribution < 1.29 is 14.6 Å². The molecule has 0 aliphatic carbocycles. The molecule has 1 aromatic rings. The monoisotopic (exact) mass is 271 g/mol. The molecule has 0 unspecified atom stereocenters. The molecule has 1 aromatic carbocycles. The van der Waals surface area contributed by atoms with Crippen molar-refractivity contribution in [1.82, 2.24) is 4.90 Å². The molecule has 0 radical (unpaired) electrons. The highest BCUT2D eigenvalue weighted by Crippen LogP contribution is 2.44. The Hall–Kier alpha value is -1.81. The lowest BCUT2D eigenvalue weighted by Crippen LogP contribution is -2.43. The van der Waals surface area contributed by atoms with Crippen molar-refractivity contribution in [1.29, 1.82) is 0 Å². The molecule has 4 rings (SSSR count). The summed E-state index contributed by atoms with van der Waals surface area (Å²) in [7, 11) is 0. The third-order valence-electron chi connectivity index (χ3n) is 4.67. The molecule has 4 heteroatoms. The molecule has 0 spiro atoms. The van der Waals surface area contributed by atoms with Gasteiger partial charge in [-0.2, -0.15) is 0 Å². The zero-order valence-corrected chi connectivity index (χ0v) is 11.4. The van der Waals surface area contributed by atoms with E-state index in [0.29, 0.717) is 12.0 Å². The van der Waals surface area contributed by atoms with Gasteiger partial charge in [-0.05, 0) is 24.5 Å². The predicted molar refractivity (Wildman–Crippen MR) is 72.8 cm³/mol. The fraction of sp³-hybridized carbons (Fsp3) is 0.438. The average molecular weight is 271 g/mol. The summed E-state index contributed by atoms with van der Waals surface area (Å²) in [6, 6.07) is 8.54. The standard InChI is InChI=1S/C16H17NO3/c1-9-15-14(16(19)20-9)13(18)8-12-11-5-3-2-4-10(11)6-7-17(12)15/h2-5,9,12-13,18H,6-8H2,1H3/t9-,12+,13-/m0/s1. The first-order chi connectivity index (χ1) is 9.66. The summed E-state index contributed by atoms with van der Waals surface area (Å²) < 4.78 is 5.30. The van der Waals surface area contributed by atoms with Crippen LogP contribution in [0.15, 0.2) is 35.5 Å². The number of benzene rings is 1. The van der Waals surface area contributed by atoms with E-state index in [-0.39, 0.29) is 18.1 Å². The van der Waals surface area contributed by atoms with Crippen LogP contribution in [0.1, 0.15) is 30.5 Å². The van der Waals surface area contributed by atoms with Crippen LogP contribution < -0.4 is 0 Å². The smallest absolute Gasteiger partial charge is 0.339 e. The second-order valence-electron chi connectivity index (χ2n) is 5.76. The number of carbonyl (C=O) groups excluding carboxylic acids is 1. The van der Waals surface area contributed by atoms with Gasteiger partial charge in [-0.15, -0.1) is 0 Å². The number of fused-ring (bicyclic) bond motifs is 4. The van der Waals surface area contributed by atoms with Crippen LogP contribution in [-0.4, -0.2) is 34.7 Å². The van der Waals surface area contributed by atoms with Crippen LogP contribution in [0.4, 0.5) is 0 Å². The zero-order valence-electron chi connectivity index (χ0n) is 11.4. The van der Waals surface area contributed by atoms with Crippen molar-refractivity contribution in [3.05, 3.63) is 46.7 Å². The zero-order chi connectivity index (χ0) is 13.9. The first-order valence-electron chi connectivity index (χ1n) is 7.14. The molecular formula is C16H17NO3. The molecule has 20 heavy (non-hydrogen) atoms. The first-order valence-corrected chi connectivity index (χ1v) is 7.14. The summed E-state index contributed by atoms with van der Waals surface area (Å²) >= 11 is 0. The SMILES string of the molecule is C[C@@H]1OC(=O)C2=C1N1CCc3ccccc3[C@H]1C[C@@H]2O. The van der Waals surface area contributed by atoms with Crippen molar-refractivity contribution >= 4 is 5.97 Å². The van der Waals surface area contributed by atoms with Crippen LogP contribution in [0.25, 0.3) is 0 Å². The van der Waals surface area contributed by atoms with Crippen molar-refractivity contribution in [3.63, 3.8) is 0 Å². The van der Waals surface area contributed by atoms with Crippen LogP contribution in [0.2, 0.25) is 0 Å². The molecule has 0 saturated carbocycles. The van der Waals surface area contributed by atoms with Crippen molar-refractivity contribution in [2.45, 2.75) is 38.0 Å². The molecule has 3 aliphatic heterocycles. The quantitative estimate of drug-likeness (QED) is 0.727. The van der Waals surface area contributed by atoms with E-state index in [1.807, 2.05) is 13.0 Å². The van der Waals surface area contributed by atoms with Gasteiger partial charge in [0.25, 0.3) is 0 Å². The van der Waals surface area contributed by atoms with Gasteiger partial charge in [0.1, 0.15) is 6.10 Å². The molecule has 0 amide bonds. The number of nitrogens with zero attached hydrogens (tertiary/aromatic N) is 1. The van der Waals surface area contributed by atoms with Crippen LogP contribution in [0.3, 0.4) is 0 Å². The van der Waals surface area contributed by atoms with E-state index in [9.17, 15) is 9.90 Å². The molecule has 3 heterocycles. The Balaban J connectivity index is 1.84. The largest absolute Gasteiger partial charge is 0.453 e. The number of ether oxygens (including phenoxy) is 1. The number of cyclic esters (lactones) is 1. The summed E-state index contributed by atoms with van der Waals surface area (Å²) in [4.78, 5) is 14.1. The maximum atomic E-state index is 11.9. The Bertz CT molecular complexity index is 622. The topological polar surface area (TPSA) is 49.8 Å². The van der Waals surface area contributed by atoms with Gasteiger partial charge in [-0.3, -0.25) is 0 Å². The highest BCUT2D eigenvalue weighted by atomic mass is 16.5. The number of aliphatic hydroxyl groups excluding tert-OH is 1. The third-order valence-corrected chi connectivity index (χ3v) is 4.67. The Labute approximate surface area is 117 Å². The van der Waals surface area contributed by atoms with E-state index in [1.165, 1.54) is 11.1 Å². The number of rotatable bonds is 0. The van der Waals surface area contributed by atoms with Gasteiger partial charge in [-0.1, -0.05) is 24.3 Å². The summed E-state index contributed by atoms with van der Waals surface area (Å²) in [5.41, 5.74) is 4.00. The van der Waals surface area contributed by atoms with Gasteiger partial charge in [0.05, 0.1) is 23.4 Å². The predicted octanol–water partition coefficient (Wildman–Crippen LogP) is 1.55. The number of esters is 1. The highest BCUT2D eigenvalue weighted by Gasteiger charge is 2.46. The minimum absolute atomic E-state index is 0.158. The van der Waals surface area contributed by atoms with E-state index in [0.717, 1.165) is 18.7 Å². The number of aliphatic hydroxyl groups is 1. The number of hydrogen-bond donors (Lipinski definition) is 1. The molecule has 3 aliphatic rings. The fourth-order valence-electron chi connectivity index (χ4n) is 3.82. The molecule has 0 fully saturated rings. The van der Waals surface area contributed by atoms with Gasteiger partial charge in [-0.25, -0.2) is 4.79 Å². The number of hydrogen-bond acceptors (Lipinski definition) is 4. The van der Waals surface area contributed by atoms with Crippen molar-refractivity contribution in [2.24, 2.45) is 0 Å². The Morgan fingerprint density at radius 2 is 2.15 bits per heavy atom. The van der Waals surface area contributed by atoms with E-state index in [2.05, 4.69) is 23.1 Å². The van der Waals surface area contributed by atoms with Crippen LogP contribution in [-0.2, 0) is 16.0 Å². The lowest BCUT2D eigenvalue weighted by Gasteiger charge is -2.44. The van der Waals surface area contributed by atoms with Crippen molar-refractivity contribution in [3.8, 4) is 0 Å². The first kappa shape index (κ1) is 12.0. The fourth-order valence-corrected chi connectivity index (χ4v) is 3.82. The van der Waals surface area contributed by atoms with Gasteiger partial charge in [0, 0.05) is 13.0 Å². The molecule has 0 bridgehead atoms. The molecular weight excluding hydrogens is 254 g/mol. The molecule has 0 saturated heterocycles. The Kier molecular flexibility index (Phi) is 2.45. The normalized spacial score (nSPS) is 31.6. The minimum Gasteiger partial charge on any atom is -0.453 e. The second kappa shape index (κ2) is 4.09. The van der Waals surface area contributed by atoms with Gasteiger partial charge in [0.2, 0.25) is 0 Å². The molecule has 1 N–H and O–H groups in total. The van der Waals surface area contributed by atoms with Crippen LogP contribution >= 0.6 is 0 Å². The summed E-state index contributed by atoms with van der Waals surface area (Å²) in [6.45, 7) is 2.77. The molecule has 3 atom stereocenters. The lowest BCUT2D eigenvalue weighted by atomic mass is 9.83. The van der Waals surface area contributed by atoms with Gasteiger partial charge >= 0.3 is 5.97 Å². The Morgan fingerprint density at radius 3 is 3.00 bits per heavy atom. The van der Waals surface area contributed by atoms with Crippen LogP contribution in [0.5, 0.6) is 0 Å². The van der Waals surface area contributed by atoms with Crippen molar-refractivity contribution in [2.75, 3.05) is 6.54 Å². The Morgan fingerprint density at radius 1 is 1.35 bits per heavy atom. The van der Waals surface area contributed by atoms with E-state index in [4.69, 9.17) is 4.74 Å². The third kappa shape index (κ3) is 1.48.